The van der Waals surface area contributed by atoms with Crippen LogP contribution in [-0.2, 0) is 18.9 Å². The molecule has 0 saturated carbocycles. The van der Waals surface area contributed by atoms with Gasteiger partial charge in [-0.15, -0.1) is 0 Å². The first-order valence-corrected chi connectivity index (χ1v) is 6.51. The summed E-state index contributed by atoms with van der Waals surface area (Å²) in [4.78, 5) is 10.7. The summed E-state index contributed by atoms with van der Waals surface area (Å²) >= 11 is 0. The maximum atomic E-state index is 10.7. The molecule has 0 aliphatic heterocycles. The van der Waals surface area contributed by atoms with Crippen LogP contribution < -0.4 is 10.6 Å². The van der Waals surface area contributed by atoms with Gasteiger partial charge in [0.25, 0.3) is 0 Å². The van der Waals surface area contributed by atoms with Gasteiger partial charge in [-0.2, -0.15) is 0 Å². The number of hydrogen-bond acceptors (Lipinski definition) is 6. The van der Waals surface area contributed by atoms with E-state index in [1.165, 1.54) is 7.11 Å². The smallest absolute Gasteiger partial charge is 0.406 e. The SMILES string of the molecule is CNCCCOCCOCCOCCNC(=O)OC. The highest BCUT2D eigenvalue weighted by Crippen LogP contribution is 1.83. The number of carbonyl (C=O) groups is 1. The van der Waals surface area contributed by atoms with E-state index < -0.39 is 6.09 Å². The average molecular weight is 278 g/mol. The topological polar surface area (TPSA) is 78.0 Å². The predicted octanol–water partition coefficient (Wildman–Crippen LogP) is 0.00170. The lowest BCUT2D eigenvalue weighted by atomic mass is 10.4. The average Bonchev–Trinajstić information content (AvgIpc) is 2.43. The number of carbonyl (C=O) groups excluding carboxylic acids is 1. The molecule has 0 aliphatic carbocycles. The zero-order chi connectivity index (χ0) is 14.2. The summed E-state index contributed by atoms with van der Waals surface area (Å²) in [5.41, 5.74) is 0. The molecule has 0 aromatic rings. The molecule has 0 radical (unpaired) electrons. The molecule has 0 aromatic carbocycles. The maximum Gasteiger partial charge on any atom is 0.406 e. The first-order chi connectivity index (χ1) is 9.31. The lowest BCUT2D eigenvalue weighted by Crippen LogP contribution is -2.27. The third-order valence-electron chi connectivity index (χ3n) is 2.16. The van der Waals surface area contributed by atoms with Crippen molar-refractivity contribution in [2.24, 2.45) is 0 Å². The molecule has 7 heteroatoms. The van der Waals surface area contributed by atoms with Crippen LogP contribution in [0.25, 0.3) is 0 Å². The minimum Gasteiger partial charge on any atom is -0.453 e. The summed E-state index contributed by atoms with van der Waals surface area (Å²) in [5.74, 6) is 0. The van der Waals surface area contributed by atoms with Gasteiger partial charge in [-0.1, -0.05) is 0 Å². The van der Waals surface area contributed by atoms with Crippen molar-refractivity contribution in [3.8, 4) is 0 Å². The van der Waals surface area contributed by atoms with Crippen molar-refractivity contribution in [3.05, 3.63) is 0 Å². The number of amides is 1. The molecule has 7 nitrogen and oxygen atoms in total. The fourth-order valence-corrected chi connectivity index (χ4v) is 1.19. The van der Waals surface area contributed by atoms with Crippen molar-refractivity contribution >= 4 is 6.09 Å². The van der Waals surface area contributed by atoms with E-state index >= 15 is 0 Å². The third-order valence-corrected chi connectivity index (χ3v) is 2.16. The summed E-state index contributed by atoms with van der Waals surface area (Å²) < 4.78 is 20.3. The first-order valence-electron chi connectivity index (χ1n) is 6.51. The van der Waals surface area contributed by atoms with Gasteiger partial charge in [0.1, 0.15) is 0 Å². The van der Waals surface area contributed by atoms with Crippen molar-refractivity contribution in [2.45, 2.75) is 6.42 Å². The molecular weight excluding hydrogens is 252 g/mol. The Morgan fingerprint density at radius 2 is 1.47 bits per heavy atom. The van der Waals surface area contributed by atoms with E-state index in [0.717, 1.165) is 19.6 Å². The van der Waals surface area contributed by atoms with E-state index in [4.69, 9.17) is 14.2 Å². The molecule has 0 rings (SSSR count). The molecule has 0 spiro atoms. The van der Waals surface area contributed by atoms with Gasteiger partial charge in [0.05, 0.1) is 40.1 Å². The Morgan fingerprint density at radius 3 is 2.05 bits per heavy atom. The van der Waals surface area contributed by atoms with E-state index in [9.17, 15) is 4.79 Å². The van der Waals surface area contributed by atoms with Gasteiger partial charge in [0.2, 0.25) is 0 Å². The third kappa shape index (κ3) is 15.1. The number of methoxy groups -OCH3 is 1. The van der Waals surface area contributed by atoms with Crippen molar-refractivity contribution < 1.29 is 23.7 Å². The van der Waals surface area contributed by atoms with Gasteiger partial charge < -0.3 is 29.6 Å². The lowest BCUT2D eigenvalue weighted by Gasteiger charge is -2.07. The van der Waals surface area contributed by atoms with Gasteiger partial charge in [0, 0.05) is 13.2 Å². The van der Waals surface area contributed by atoms with Crippen LogP contribution in [0, 0.1) is 0 Å². The highest BCUT2D eigenvalue weighted by Gasteiger charge is 1.96. The normalized spacial score (nSPS) is 10.4. The van der Waals surface area contributed by atoms with E-state index in [-0.39, 0.29) is 0 Å². The Kier molecular flexibility index (Phi) is 14.5. The van der Waals surface area contributed by atoms with E-state index in [1.54, 1.807) is 0 Å². The quantitative estimate of drug-likeness (QED) is 0.462. The van der Waals surface area contributed by atoms with Gasteiger partial charge in [0.15, 0.2) is 0 Å². The largest absolute Gasteiger partial charge is 0.453 e. The van der Waals surface area contributed by atoms with Crippen molar-refractivity contribution in [2.75, 3.05) is 66.9 Å². The fourth-order valence-electron chi connectivity index (χ4n) is 1.19. The Labute approximate surface area is 114 Å². The summed E-state index contributed by atoms with van der Waals surface area (Å²) in [5, 5.41) is 5.57. The Hall–Kier alpha value is -0.890. The van der Waals surface area contributed by atoms with Gasteiger partial charge in [-0.05, 0) is 20.0 Å². The number of hydrogen-bond donors (Lipinski definition) is 2. The van der Waals surface area contributed by atoms with Gasteiger partial charge >= 0.3 is 6.09 Å². The van der Waals surface area contributed by atoms with Gasteiger partial charge in [-0.3, -0.25) is 0 Å². The predicted molar refractivity (Wildman–Crippen MR) is 71.4 cm³/mol. The molecule has 0 unspecified atom stereocenters. The molecule has 1 amide bonds. The second-order valence-corrected chi connectivity index (χ2v) is 3.71. The Balaban J connectivity index is 2.97. The van der Waals surface area contributed by atoms with Crippen molar-refractivity contribution in [3.63, 3.8) is 0 Å². The molecule has 0 heterocycles. The van der Waals surface area contributed by atoms with Crippen LogP contribution in [0.4, 0.5) is 4.79 Å². The van der Waals surface area contributed by atoms with Crippen molar-refractivity contribution in [1.82, 2.24) is 10.6 Å². The van der Waals surface area contributed by atoms with Crippen LogP contribution in [0.5, 0.6) is 0 Å². The van der Waals surface area contributed by atoms with Gasteiger partial charge in [-0.25, -0.2) is 4.79 Å². The maximum absolute atomic E-state index is 10.7. The number of nitrogens with one attached hydrogen (secondary N) is 2. The van der Waals surface area contributed by atoms with Crippen LogP contribution in [0.1, 0.15) is 6.42 Å². The molecule has 114 valence electrons. The molecule has 0 saturated heterocycles. The number of alkyl carbamates (subject to hydrolysis) is 1. The number of ether oxygens (including phenoxy) is 4. The minimum absolute atomic E-state index is 0.432. The molecular formula is C12H26N2O5. The van der Waals surface area contributed by atoms with Crippen molar-refractivity contribution in [1.29, 1.82) is 0 Å². The monoisotopic (exact) mass is 278 g/mol. The fraction of sp³-hybridized carbons (Fsp3) is 0.917. The van der Waals surface area contributed by atoms with Crippen LogP contribution in [-0.4, -0.2) is 73.0 Å². The van der Waals surface area contributed by atoms with E-state index in [1.807, 2.05) is 7.05 Å². The Morgan fingerprint density at radius 1 is 0.895 bits per heavy atom. The number of rotatable bonds is 13. The zero-order valence-electron chi connectivity index (χ0n) is 11.9. The Bertz CT molecular complexity index is 205. The summed E-state index contributed by atoms with van der Waals surface area (Å²) in [6.07, 6.45) is 0.558. The zero-order valence-corrected chi connectivity index (χ0v) is 11.9. The second-order valence-electron chi connectivity index (χ2n) is 3.71. The van der Waals surface area contributed by atoms with E-state index in [0.29, 0.717) is 39.6 Å². The molecule has 0 aliphatic rings. The van der Waals surface area contributed by atoms with Crippen LogP contribution in [0.3, 0.4) is 0 Å². The molecule has 0 bridgehead atoms. The minimum atomic E-state index is -0.449. The van der Waals surface area contributed by atoms with E-state index in [2.05, 4.69) is 15.4 Å². The summed E-state index contributed by atoms with van der Waals surface area (Å²) in [7, 11) is 3.24. The molecule has 0 atom stereocenters. The highest BCUT2D eigenvalue weighted by molar-refractivity contribution is 5.66. The lowest BCUT2D eigenvalue weighted by molar-refractivity contribution is 0.0148. The first kappa shape index (κ1) is 18.1. The molecule has 0 fully saturated rings. The molecule has 0 aromatic heterocycles. The summed E-state index contributed by atoms with van der Waals surface area (Å²) in [6, 6.07) is 0. The summed E-state index contributed by atoms with van der Waals surface area (Å²) in [6.45, 7) is 4.80. The standard InChI is InChI=1S/C12H26N2O5/c1-13-4-3-6-17-8-10-19-11-9-18-7-5-14-12(15)16-2/h13H,3-11H2,1-2H3,(H,14,15). The molecule has 19 heavy (non-hydrogen) atoms. The van der Waals surface area contributed by atoms with Crippen LogP contribution >= 0.6 is 0 Å². The highest BCUT2D eigenvalue weighted by atomic mass is 16.5. The van der Waals surface area contributed by atoms with Crippen LogP contribution in [0.15, 0.2) is 0 Å². The van der Waals surface area contributed by atoms with Crippen LogP contribution in [0.2, 0.25) is 0 Å². The second kappa shape index (κ2) is 15.2. The molecule has 2 N–H and O–H groups in total.